The van der Waals surface area contributed by atoms with Gasteiger partial charge in [-0.05, 0) is 30.5 Å². The molecule has 2 N–H and O–H groups in total. The topological polar surface area (TPSA) is 75.6 Å². The van der Waals surface area contributed by atoms with Crippen LogP contribution in [0.25, 0.3) is 0 Å². The molecular formula is C16H20ClNO4. The number of nitrogens with one attached hydrogen (secondary N) is 1. The molecule has 0 radical (unpaired) electrons. The van der Waals surface area contributed by atoms with Gasteiger partial charge in [0.25, 0.3) is 0 Å². The van der Waals surface area contributed by atoms with Gasteiger partial charge >= 0.3 is 5.97 Å². The third-order valence-electron chi connectivity index (χ3n) is 4.27. The maximum Gasteiger partial charge on any atom is 0.310 e. The lowest BCUT2D eigenvalue weighted by Gasteiger charge is -2.37. The van der Waals surface area contributed by atoms with E-state index in [9.17, 15) is 14.7 Å². The summed E-state index contributed by atoms with van der Waals surface area (Å²) in [7, 11) is 1.57. The highest BCUT2D eigenvalue weighted by Crippen LogP contribution is 2.44. The maximum atomic E-state index is 12.0. The van der Waals surface area contributed by atoms with Gasteiger partial charge in [-0.1, -0.05) is 30.2 Å². The summed E-state index contributed by atoms with van der Waals surface area (Å²) in [6.07, 6.45) is 1.74. The van der Waals surface area contributed by atoms with Crippen molar-refractivity contribution < 1.29 is 19.4 Å². The van der Waals surface area contributed by atoms with Gasteiger partial charge in [-0.15, -0.1) is 0 Å². The minimum atomic E-state index is -0.880. The van der Waals surface area contributed by atoms with Crippen LogP contribution in [-0.2, 0) is 14.3 Å². The Morgan fingerprint density at radius 1 is 1.36 bits per heavy atom. The van der Waals surface area contributed by atoms with Crippen LogP contribution < -0.4 is 5.32 Å². The number of amides is 1. The third-order valence-corrected chi connectivity index (χ3v) is 4.53. The van der Waals surface area contributed by atoms with Crippen molar-refractivity contribution in [1.29, 1.82) is 0 Å². The number of carboxylic acid groups (broad SMARTS) is 1. The Balaban J connectivity index is 1.89. The Morgan fingerprint density at radius 2 is 2.00 bits per heavy atom. The summed E-state index contributed by atoms with van der Waals surface area (Å²) in [5.41, 5.74) is 0.0382. The monoisotopic (exact) mass is 325 g/mol. The average Bonchev–Trinajstić information content (AvgIpc) is 2.45. The van der Waals surface area contributed by atoms with Crippen molar-refractivity contribution in [2.45, 2.75) is 31.8 Å². The minimum absolute atomic E-state index is 0.0272. The van der Waals surface area contributed by atoms with E-state index in [2.05, 4.69) is 5.32 Å². The van der Waals surface area contributed by atoms with Gasteiger partial charge in [-0.3, -0.25) is 9.59 Å². The number of carbonyl (C=O) groups excluding carboxylic acids is 1. The van der Waals surface area contributed by atoms with Gasteiger partial charge in [0, 0.05) is 25.1 Å². The van der Waals surface area contributed by atoms with Gasteiger partial charge in [0.15, 0.2) is 0 Å². The molecule has 1 aliphatic rings. The molecule has 0 heterocycles. The maximum absolute atomic E-state index is 12.0. The molecule has 120 valence electrons. The first-order chi connectivity index (χ1) is 10.5. The number of aliphatic carboxylic acids is 1. The summed E-state index contributed by atoms with van der Waals surface area (Å²) in [5.74, 6) is -1.13. The van der Waals surface area contributed by atoms with Crippen LogP contribution in [0, 0.1) is 5.41 Å². The van der Waals surface area contributed by atoms with Crippen LogP contribution in [0.3, 0.4) is 0 Å². The van der Waals surface area contributed by atoms with Gasteiger partial charge in [0.05, 0.1) is 11.5 Å². The first-order valence-electron chi connectivity index (χ1n) is 7.25. The van der Waals surface area contributed by atoms with Gasteiger partial charge in [-0.2, -0.15) is 0 Å². The predicted octanol–water partition coefficient (Wildman–Crippen LogP) is 2.79. The van der Waals surface area contributed by atoms with Crippen LogP contribution in [0.2, 0.25) is 5.02 Å². The summed E-state index contributed by atoms with van der Waals surface area (Å²) in [4.78, 5) is 23.3. The summed E-state index contributed by atoms with van der Waals surface area (Å²) in [5, 5.41) is 12.6. The molecule has 6 heteroatoms. The van der Waals surface area contributed by atoms with E-state index in [0.717, 1.165) is 12.0 Å². The van der Waals surface area contributed by atoms with Crippen molar-refractivity contribution in [3.8, 4) is 0 Å². The molecule has 1 unspecified atom stereocenters. The fourth-order valence-corrected chi connectivity index (χ4v) is 2.79. The number of hydrogen-bond donors (Lipinski definition) is 2. The zero-order valence-corrected chi connectivity index (χ0v) is 13.2. The van der Waals surface area contributed by atoms with Crippen molar-refractivity contribution in [3.05, 3.63) is 34.9 Å². The second-order valence-corrected chi connectivity index (χ2v) is 6.13. The SMILES string of the molecule is COC(CNC(=O)CC1(C(=O)O)CCC1)c1ccc(Cl)cc1. The van der Waals surface area contributed by atoms with Crippen molar-refractivity contribution >= 4 is 23.5 Å². The number of carboxylic acids is 1. The first kappa shape index (κ1) is 16.8. The van der Waals surface area contributed by atoms with E-state index >= 15 is 0 Å². The average molecular weight is 326 g/mol. The van der Waals surface area contributed by atoms with Crippen LogP contribution in [0.1, 0.15) is 37.4 Å². The van der Waals surface area contributed by atoms with E-state index < -0.39 is 11.4 Å². The highest BCUT2D eigenvalue weighted by atomic mass is 35.5. The molecule has 22 heavy (non-hydrogen) atoms. The fraction of sp³-hybridized carbons (Fsp3) is 0.500. The molecule has 1 aromatic rings. The molecule has 1 aromatic carbocycles. The summed E-state index contributed by atoms with van der Waals surface area (Å²) in [6.45, 7) is 0.298. The zero-order chi connectivity index (χ0) is 16.2. The van der Waals surface area contributed by atoms with Crippen LogP contribution in [0.5, 0.6) is 0 Å². The predicted molar refractivity (Wildman–Crippen MR) is 82.7 cm³/mol. The molecular weight excluding hydrogens is 306 g/mol. The molecule has 0 spiro atoms. The molecule has 1 atom stereocenters. The largest absolute Gasteiger partial charge is 0.481 e. The number of halogens is 1. The highest BCUT2D eigenvalue weighted by molar-refractivity contribution is 6.30. The number of benzene rings is 1. The van der Waals surface area contributed by atoms with E-state index in [1.165, 1.54) is 0 Å². The summed E-state index contributed by atoms with van der Waals surface area (Å²) in [6, 6.07) is 7.21. The molecule has 1 amide bonds. The molecule has 5 nitrogen and oxygen atoms in total. The quantitative estimate of drug-likeness (QED) is 0.808. The van der Waals surface area contributed by atoms with Gasteiger partial charge < -0.3 is 15.2 Å². The molecule has 0 saturated heterocycles. The minimum Gasteiger partial charge on any atom is -0.481 e. The normalized spacial score (nSPS) is 17.4. The van der Waals surface area contributed by atoms with Gasteiger partial charge in [0.2, 0.25) is 5.91 Å². The van der Waals surface area contributed by atoms with E-state index in [-0.39, 0.29) is 18.4 Å². The van der Waals surface area contributed by atoms with E-state index in [0.29, 0.717) is 24.4 Å². The van der Waals surface area contributed by atoms with Crippen LogP contribution in [0.15, 0.2) is 24.3 Å². The number of ether oxygens (including phenoxy) is 1. The number of rotatable bonds is 7. The lowest BCUT2D eigenvalue weighted by Crippen LogP contribution is -2.43. The molecule has 1 saturated carbocycles. The Kier molecular flexibility index (Phi) is 5.42. The van der Waals surface area contributed by atoms with Crippen LogP contribution >= 0.6 is 11.6 Å². The zero-order valence-electron chi connectivity index (χ0n) is 12.5. The van der Waals surface area contributed by atoms with Crippen molar-refractivity contribution in [2.24, 2.45) is 5.41 Å². The van der Waals surface area contributed by atoms with Gasteiger partial charge in [-0.25, -0.2) is 0 Å². The number of methoxy groups -OCH3 is 1. The molecule has 0 aromatic heterocycles. The summed E-state index contributed by atoms with van der Waals surface area (Å²) >= 11 is 5.85. The second-order valence-electron chi connectivity index (χ2n) is 5.70. The molecule has 1 aliphatic carbocycles. The van der Waals surface area contributed by atoms with Crippen LogP contribution in [0.4, 0.5) is 0 Å². The Bertz CT molecular complexity index is 540. The smallest absolute Gasteiger partial charge is 0.310 e. The third kappa shape index (κ3) is 3.78. The lowest BCUT2D eigenvalue weighted by atomic mass is 9.66. The standard InChI is InChI=1S/C16H20ClNO4/c1-22-13(11-3-5-12(17)6-4-11)10-18-14(19)9-16(15(20)21)7-2-8-16/h3-6,13H,2,7-10H2,1H3,(H,18,19)(H,20,21). The Morgan fingerprint density at radius 3 is 2.45 bits per heavy atom. The fourth-order valence-electron chi connectivity index (χ4n) is 2.66. The van der Waals surface area contributed by atoms with E-state index in [1.54, 1.807) is 19.2 Å². The van der Waals surface area contributed by atoms with Gasteiger partial charge in [0.1, 0.15) is 0 Å². The highest BCUT2D eigenvalue weighted by Gasteiger charge is 2.45. The second kappa shape index (κ2) is 7.11. The van der Waals surface area contributed by atoms with E-state index in [4.69, 9.17) is 16.3 Å². The Hall–Kier alpha value is -1.59. The Labute approximate surface area is 134 Å². The van der Waals surface area contributed by atoms with Crippen molar-refractivity contribution in [3.63, 3.8) is 0 Å². The number of hydrogen-bond acceptors (Lipinski definition) is 3. The van der Waals surface area contributed by atoms with E-state index in [1.807, 2.05) is 12.1 Å². The van der Waals surface area contributed by atoms with Crippen LogP contribution in [-0.4, -0.2) is 30.6 Å². The van der Waals surface area contributed by atoms with Crippen molar-refractivity contribution in [2.75, 3.05) is 13.7 Å². The molecule has 0 bridgehead atoms. The first-order valence-corrected chi connectivity index (χ1v) is 7.63. The summed E-state index contributed by atoms with van der Waals surface area (Å²) < 4.78 is 5.37. The molecule has 0 aliphatic heterocycles. The number of carbonyl (C=O) groups is 2. The van der Waals surface area contributed by atoms with Crippen molar-refractivity contribution in [1.82, 2.24) is 5.32 Å². The lowest BCUT2D eigenvalue weighted by molar-refractivity contribution is -0.157. The molecule has 2 rings (SSSR count). The molecule has 1 fully saturated rings.